The lowest BCUT2D eigenvalue weighted by Gasteiger charge is -2.53. The van der Waals surface area contributed by atoms with Gasteiger partial charge in [-0.25, -0.2) is 4.79 Å². The van der Waals surface area contributed by atoms with Gasteiger partial charge in [0, 0.05) is 5.41 Å². The molecule has 2 aliphatic carbocycles. The van der Waals surface area contributed by atoms with Gasteiger partial charge in [0.05, 0.1) is 0 Å². The Hall–Kier alpha value is -2.95. The van der Waals surface area contributed by atoms with Gasteiger partial charge in [0.15, 0.2) is 6.10 Å². The number of hydrogen-bond acceptors (Lipinski definition) is 4. The largest absolute Gasteiger partial charge is 0.459 e. The molecule has 176 valence electrons. The fourth-order valence-corrected chi connectivity index (χ4v) is 6.94. The monoisotopic (exact) mass is 456 g/mol. The van der Waals surface area contributed by atoms with Crippen molar-refractivity contribution in [3.63, 3.8) is 0 Å². The zero-order valence-corrected chi connectivity index (χ0v) is 19.7. The fraction of sp³-hybridized carbons (Fsp3) is 0.367. The van der Waals surface area contributed by atoms with Crippen LogP contribution in [-0.4, -0.2) is 22.3 Å². The Bertz CT molecular complexity index is 1100. The van der Waals surface area contributed by atoms with Crippen molar-refractivity contribution >= 4 is 5.97 Å². The van der Waals surface area contributed by atoms with E-state index in [1.165, 1.54) is 0 Å². The SMILES string of the molecule is CC1(C)[C@@H]2CC[C@@]1(C(O)(c1ccccc1)c1ccccc1)[C@H](OC(=O)[C@@H](O)c1ccccc1)C2. The van der Waals surface area contributed by atoms with Gasteiger partial charge in [-0.15, -0.1) is 0 Å². The van der Waals surface area contributed by atoms with Gasteiger partial charge in [0.2, 0.25) is 0 Å². The van der Waals surface area contributed by atoms with E-state index in [1.807, 2.05) is 66.7 Å². The molecule has 0 radical (unpaired) electrons. The fourth-order valence-electron chi connectivity index (χ4n) is 6.94. The lowest BCUT2D eigenvalue weighted by Crippen LogP contribution is -2.57. The van der Waals surface area contributed by atoms with E-state index in [1.54, 1.807) is 24.3 Å². The maximum absolute atomic E-state index is 13.2. The molecule has 0 spiro atoms. The minimum Gasteiger partial charge on any atom is -0.459 e. The molecule has 2 fully saturated rings. The molecule has 4 heteroatoms. The van der Waals surface area contributed by atoms with E-state index in [-0.39, 0.29) is 5.41 Å². The summed E-state index contributed by atoms with van der Waals surface area (Å²) >= 11 is 0. The topological polar surface area (TPSA) is 66.8 Å². The molecule has 2 N–H and O–H groups in total. The lowest BCUT2D eigenvalue weighted by atomic mass is 9.54. The lowest BCUT2D eigenvalue weighted by molar-refractivity contribution is -0.191. The predicted octanol–water partition coefficient (Wildman–Crippen LogP) is 5.39. The first kappa shape index (κ1) is 22.8. The van der Waals surface area contributed by atoms with Crippen LogP contribution in [0.25, 0.3) is 0 Å². The quantitative estimate of drug-likeness (QED) is 0.488. The van der Waals surface area contributed by atoms with E-state index in [9.17, 15) is 15.0 Å². The summed E-state index contributed by atoms with van der Waals surface area (Å²) in [5.74, 6) is -0.361. The average Bonchev–Trinajstić information content (AvgIpc) is 3.26. The Kier molecular flexibility index (Phi) is 5.62. The summed E-state index contributed by atoms with van der Waals surface area (Å²) in [6, 6.07) is 28.3. The van der Waals surface area contributed by atoms with Crippen LogP contribution in [0.4, 0.5) is 0 Å². The molecule has 2 saturated carbocycles. The number of esters is 1. The van der Waals surface area contributed by atoms with Gasteiger partial charge < -0.3 is 14.9 Å². The summed E-state index contributed by atoms with van der Waals surface area (Å²) in [5.41, 5.74) is -0.323. The first-order valence-corrected chi connectivity index (χ1v) is 12.1. The molecule has 2 bridgehead atoms. The van der Waals surface area contributed by atoms with Gasteiger partial charge in [0.25, 0.3) is 0 Å². The number of aliphatic hydroxyl groups excluding tert-OH is 1. The molecule has 0 unspecified atom stereocenters. The van der Waals surface area contributed by atoms with Gasteiger partial charge in [-0.3, -0.25) is 0 Å². The third-order valence-electron chi connectivity index (χ3n) is 8.73. The van der Waals surface area contributed by atoms with Gasteiger partial charge in [-0.05, 0) is 47.3 Å². The molecule has 4 nitrogen and oxygen atoms in total. The number of rotatable bonds is 6. The highest BCUT2D eigenvalue weighted by molar-refractivity contribution is 5.76. The van der Waals surface area contributed by atoms with Gasteiger partial charge >= 0.3 is 5.97 Å². The summed E-state index contributed by atoms with van der Waals surface area (Å²) in [7, 11) is 0. The van der Waals surface area contributed by atoms with Crippen LogP contribution in [0.15, 0.2) is 91.0 Å². The first-order chi connectivity index (χ1) is 16.3. The van der Waals surface area contributed by atoms with Crippen molar-refractivity contribution < 1.29 is 19.7 Å². The van der Waals surface area contributed by atoms with Crippen molar-refractivity contribution in [2.45, 2.75) is 50.9 Å². The molecule has 0 aliphatic heterocycles. The Labute approximate surface area is 201 Å². The van der Waals surface area contributed by atoms with Crippen molar-refractivity contribution in [1.29, 1.82) is 0 Å². The number of fused-ring (bicyclic) bond motifs is 2. The highest BCUT2D eigenvalue weighted by atomic mass is 16.6. The Morgan fingerprint density at radius 3 is 1.91 bits per heavy atom. The third kappa shape index (κ3) is 3.16. The number of benzene rings is 3. The first-order valence-electron chi connectivity index (χ1n) is 12.1. The number of ether oxygens (including phenoxy) is 1. The van der Waals surface area contributed by atoms with Crippen LogP contribution in [-0.2, 0) is 15.1 Å². The van der Waals surface area contributed by atoms with E-state index in [2.05, 4.69) is 13.8 Å². The summed E-state index contributed by atoms with van der Waals surface area (Å²) in [5, 5.41) is 23.6. The smallest absolute Gasteiger partial charge is 0.339 e. The van der Waals surface area contributed by atoms with Crippen molar-refractivity contribution in [2.24, 2.45) is 16.7 Å². The van der Waals surface area contributed by atoms with Crippen molar-refractivity contribution in [3.8, 4) is 0 Å². The van der Waals surface area contributed by atoms with Gasteiger partial charge in [0.1, 0.15) is 11.7 Å². The minimum atomic E-state index is -1.37. The van der Waals surface area contributed by atoms with Gasteiger partial charge in [-0.2, -0.15) is 0 Å². The molecule has 34 heavy (non-hydrogen) atoms. The maximum Gasteiger partial charge on any atom is 0.339 e. The molecule has 0 aromatic heterocycles. The van der Waals surface area contributed by atoms with E-state index in [0.717, 1.165) is 24.0 Å². The molecular weight excluding hydrogens is 424 g/mol. The second kappa shape index (κ2) is 8.37. The van der Waals surface area contributed by atoms with Crippen LogP contribution in [0, 0.1) is 16.7 Å². The third-order valence-corrected chi connectivity index (χ3v) is 8.73. The molecule has 5 rings (SSSR count). The molecular formula is C30H32O4. The van der Waals surface area contributed by atoms with Crippen LogP contribution in [0.5, 0.6) is 0 Å². The Morgan fingerprint density at radius 1 is 0.912 bits per heavy atom. The summed E-state index contributed by atoms with van der Waals surface area (Å²) in [6.45, 7) is 4.39. The van der Waals surface area contributed by atoms with Crippen molar-refractivity contribution in [1.82, 2.24) is 0 Å². The molecule has 0 saturated heterocycles. The van der Waals surface area contributed by atoms with Crippen LogP contribution < -0.4 is 0 Å². The number of carbonyl (C=O) groups excluding carboxylic acids is 1. The minimum absolute atomic E-state index is 0.296. The van der Waals surface area contributed by atoms with E-state index in [4.69, 9.17) is 4.74 Å². The highest BCUT2D eigenvalue weighted by Gasteiger charge is 2.74. The molecule has 0 amide bonds. The molecule has 3 aromatic rings. The second-order valence-electron chi connectivity index (χ2n) is 10.3. The zero-order chi connectivity index (χ0) is 24.0. The van der Waals surface area contributed by atoms with Gasteiger partial charge in [-0.1, -0.05) is 105 Å². The number of carbonyl (C=O) groups is 1. The highest BCUT2D eigenvalue weighted by Crippen LogP contribution is 2.73. The molecule has 2 aliphatic rings. The number of aliphatic hydroxyl groups is 2. The normalized spacial score (nSPS) is 26.2. The summed E-state index contributed by atoms with van der Waals surface area (Å²) in [4.78, 5) is 13.2. The van der Waals surface area contributed by atoms with E-state index < -0.39 is 29.2 Å². The standard InChI is InChI=1S/C30H32O4/c1-28(2)24-18-19-29(28,25(20-24)34-27(32)26(31)21-12-6-3-7-13-21)30(33,22-14-8-4-9-15-22)23-16-10-5-11-17-23/h3-17,24-26,31,33H,18-20H2,1-2H3/t24-,25-,26+,29-/m1/s1. The Morgan fingerprint density at radius 2 is 1.41 bits per heavy atom. The van der Waals surface area contributed by atoms with E-state index in [0.29, 0.717) is 17.9 Å². The molecule has 4 atom stereocenters. The van der Waals surface area contributed by atoms with Crippen molar-refractivity contribution in [3.05, 3.63) is 108 Å². The summed E-state index contributed by atoms with van der Waals surface area (Å²) in [6.07, 6.45) is 0.469. The molecule has 3 aromatic carbocycles. The van der Waals surface area contributed by atoms with Crippen LogP contribution >= 0.6 is 0 Å². The van der Waals surface area contributed by atoms with Crippen LogP contribution in [0.2, 0.25) is 0 Å². The average molecular weight is 457 g/mol. The Balaban J connectivity index is 1.62. The number of hydrogen-bond donors (Lipinski definition) is 2. The van der Waals surface area contributed by atoms with E-state index >= 15 is 0 Å². The second-order valence-corrected chi connectivity index (χ2v) is 10.3. The van der Waals surface area contributed by atoms with Crippen LogP contribution in [0.3, 0.4) is 0 Å². The maximum atomic E-state index is 13.2. The molecule has 0 heterocycles. The summed E-state index contributed by atoms with van der Waals surface area (Å²) < 4.78 is 6.14. The van der Waals surface area contributed by atoms with Crippen LogP contribution in [0.1, 0.15) is 55.9 Å². The van der Waals surface area contributed by atoms with Crippen molar-refractivity contribution in [2.75, 3.05) is 0 Å². The predicted molar refractivity (Wildman–Crippen MR) is 131 cm³/mol. The zero-order valence-electron chi connectivity index (χ0n) is 19.7.